The minimum absolute atomic E-state index is 0.485. The third-order valence-corrected chi connectivity index (χ3v) is 3.40. The van der Waals surface area contributed by atoms with Crippen molar-refractivity contribution >= 4 is 11.3 Å². The van der Waals surface area contributed by atoms with E-state index in [9.17, 15) is 0 Å². The fourth-order valence-corrected chi connectivity index (χ4v) is 2.42. The highest BCUT2D eigenvalue weighted by molar-refractivity contribution is 7.09. The Labute approximate surface area is 109 Å². The number of ether oxygens (including phenoxy) is 1. The van der Waals surface area contributed by atoms with Crippen LogP contribution in [-0.2, 0) is 11.2 Å². The van der Waals surface area contributed by atoms with Gasteiger partial charge in [-0.3, -0.25) is 0 Å². The molecule has 1 heterocycles. The minimum atomic E-state index is 0.485. The van der Waals surface area contributed by atoms with Gasteiger partial charge in [-0.25, -0.2) is 4.98 Å². The zero-order valence-electron chi connectivity index (χ0n) is 11.2. The lowest BCUT2D eigenvalue weighted by molar-refractivity contribution is 0.124. The van der Waals surface area contributed by atoms with Crippen LogP contribution in [0.4, 0.5) is 0 Å². The first-order valence-electron chi connectivity index (χ1n) is 6.48. The number of nitrogens with zero attached hydrogens (tertiary/aromatic N) is 1. The summed E-state index contributed by atoms with van der Waals surface area (Å²) in [5.41, 5.74) is 1.20. The number of aromatic nitrogens is 1. The lowest BCUT2D eigenvalue weighted by Crippen LogP contribution is -2.32. The van der Waals surface area contributed by atoms with Crippen LogP contribution in [0.15, 0.2) is 5.38 Å². The summed E-state index contributed by atoms with van der Waals surface area (Å²) in [7, 11) is 0. The fraction of sp³-hybridized carbons (Fsp3) is 0.769. The summed E-state index contributed by atoms with van der Waals surface area (Å²) in [5.74, 6) is 0. The van der Waals surface area contributed by atoms with Gasteiger partial charge in [-0.05, 0) is 26.3 Å². The van der Waals surface area contributed by atoms with Crippen LogP contribution in [0.5, 0.6) is 0 Å². The van der Waals surface area contributed by atoms with E-state index >= 15 is 0 Å². The molecule has 0 radical (unpaired) electrons. The number of aryl methyl sites for hydroxylation is 1. The van der Waals surface area contributed by atoms with Gasteiger partial charge in [0, 0.05) is 31.1 Å². The largest absolute Gasteiger partial charge is 0.381 e. The number of rotatable bonds is 9. The molecule has 0 spiro atoms. The second-order valence-electron chi connectivity index (χ2n) is 4.22. The van der Waals surface area contributed by atoms with E-state index in [2.05, 4.69) is 36.5 Å². The molecule has 98 valence electrons. The van der Waals surface area contributed by atoms with Crippen molar-refractivity contribution in [1.82, 2.24) is 10.3 Å². The van der Waals surface area contributed by atoms with Gasteiger partial charge in [0.25, 0.3) is 0 Å². The zero-order chi connectivity index (χ0) is 12.5. The van der Waals surface area contributed by atoms with Crippen LogP contribution >= 0.6 is 11.3 Å². The van der Waals surface area contributed by atoms with Crippen molar-refractivity contribution in [3.8, 4) is 0 Å². The highest BCUT2D eigenvalue weighted by Gasteiger charge is 2.10. The molecule has 4 heteroatoms. The monoisotopic (exact) mass is 256 g/mol. The quantitative estimate of drug-likeness (QED) is 0.690. The highest BCUT2D eigenvalue weighted by Crippen LogP contribution is 2.11. The Balaban J connectivity index is 2.32. The summed E-state index contributed by atoms with van der Waals surface area (Å²) < 4.78 is 5.54. The molecule has 1 rings (SSSR count). The number of thiazole rings is 1. The Morgan fingerprint density at radius 1 is 1.41 bits per heavy atom. The molecule has 0 saturated heterocycles. The molecule has 1 N–H and O–H groups in total. The van der Waals surface area contributed by atoms with E-state index in [1.54, 1.807) is 11.3 Å². The van der Waals surface area contributed by atoms with Crippen molar-refractivity contribution in [2.75, 3.05) is 19.8 Å². The van der Waals surface area contributed by atoms with Crippen LogP contribution < -0.4 is 5.32 Å². The Bertz CT molecular complexity index is 301. The van der Waals surface area contributed by atoms with Gasteiger partial charge in [-0.1, -0.05) is 13.8 Å². The standard InChI is InChI=1S/C13H24N2OS/c1-4-7-16-8-6-12(14-5-2)9-13-10-17-11(3)15-13/h10,12,14H,4-9H2,1-3H3. The second-order valence-corrected chi connectivity index (χ2v) is 5.28. The number of nitrogens with one attached hydrogen (secondary N) is 1. The van der Waals surface area contributed by atoms with Crippen LogP contribution in [-0.4, -0.2) is 30.8 Å². The normalized spacial score (nSPS) is 12.9. The molecular weight excluding hydrogens is 232 g/mol. The van der Waals surface area contributed by atoms with Crippen LogP contribution in [0.2, 0.25) is 0 Å². The Hall–Kier alpha value is -0.450. The van der Waals surface area contributed by atoms with E-state index in [4.69, 9.17) is 4.74 Å². The molecule has 0 bridgehead atoms. The van der Waals surface area contributed by atoms with E-state index < -0.39 is 0 Å². The van der Waals surface area contributed by atoms with E-state index in [0.29, 0.717) is 6.04 Å². The summed E-state index contributed by atoms with van der Waals surface area (Å²) in [6, 6.07) is 0.485. The maximum Gasteiger partial charge on any atom is 0.0897 e. The third kappa shape index (κ3) is 6.15. The zero-order valence-corrected chi connectivity index (χ0v) is 12.0. The van der Waals surface area contributed by atoms with Crippen molar-refractivity contribution < 1.29 is 4.74 Å². The molecule has 0 fully saturated rings. The SMILES string of the molecule is CCCOCCC(Cc1csc(C)n1)NCC. The first kappa shape index (κ1) is 14.6. The molecule has 0 saturated carbocycles. The summed E-state index contributed by atoms with van der Waals surface area (Å²) >= 11 is 1.73. The molecule has 0 aliphatic heterocycles. The Morgan fingerprint density at radius 2 is 2.24 bits per heavy atom. The van der Waals surface area contributed by atoms with E-state index in [-0.39, 0.29) is 0 Å². The molecule has 1 unspecified atom stereocenters. The van der Waals surface area contributed by atoms with Gasteiger partial charge in [0.05, 0.1) is 10.7 Å². The van der Waals surface area contributed by atoms with Gasteiger partial charge >= 0.3 is 0 Å². The average molecular weight is 256 g/mol. The van der Waals surface area contributed by atoms with Crippen molar-refractivity contribution in [1.29, 1.82) is 0 Å². The Morgan fingerprint density at radius 3 is 2.82 bits per heavy atom. The maximum absolute atomic E-state index is 5.54. The van der Waals surface area contributed by atoms with Crippen molar-refractivity contribution in [2.45, 2.75) is 46.1 Å². The summed E-state index contributed by atoms with van der Waals surface area (Å²) in [5, 5.41) is 6.81. The highest BCUT2D eigenvalue weighted by atomic mass is 32.1. The van der Waals surface area contributed by atoms with Crippen molar-refractivity contribution in [3.05, 3.63) is 16.1 Å². The molecule has 1 aromatic heterocycles. The van der Waals surface area contributed by atoms with Crippen LogP contribution in [0.3, 0.4) is 0 Å². The van der Waals surface area contributed by atoms with Gasteiger partial charge < -0.3 is 10.1 Å². The first-order valence-corrected chi connectivity index (χ1v) is 7.36. The smallest absolute Gasteiger partial charge is 0.0897 e. The lowest BCUT2D eigenvalue weighted by atomic mass is 10.1. The average Bonchev–Trinajstić information content (AvgIpc) is 2.70. The van der Waals surface area contributed by atoms with E-state index in [1.807, 2.05) is 0 Å². The van der Waals surface area contributed by atoms with Gasteiger partial charge in [-0.2, -0.15) is 0 Å². The minimum Gasteiger partial charge on any atom is -0.381 e. The van der Waals surface area contributed by atoms with Gasteiger partial charge in [0.1, 0.15) is 0 Å². The third-order valence-electron chi connectivity index (χ3n) is 2.57. The van der Waals surface area contributed by atoms with E-state index in [1.165, 1.54) is 5.69 Å². The molecule has 1 atom stereocenters. The molecule has 17 heavy (non-hydrogen) atoms. The predicted molar refractivity (Wildman–Crippen MR) is 73.7 cm³/mol. The number of hydrogen-bond donors (Lipinski definition) is 1. The number of hydrogen-bond acceptors (Lipinski definition) is 4. The molecular formula is C13H24N2OS. The van der Waals surface area contributed by atoms with Crippen molar-refractivity contribution in [3.63, 3.8) is 0 Å². The molecule has 3 nitrogen and oxygen atoms in total. The summed E-state index contributed by atoms with van der Waals surface area (Å²) in [6.07, 6.45) is 3.16. The second kappa shape index (κ2) is 8.61. The molecule has 0 amide bonds. The molecule has 0 aromatic carbocycles. The predicted octanol–water partition coefficient (Wildman–Crippen LogP) is 2.79. The van der Waals surface area contributed by atoms with Gasteiger partial charge in [0.15, 0.2) is 0 Å². The van der Waals surface area contributed by atoms with Crippen LogP contribution in [0.1, 0.15) is 37.4 Å². The lowest BCUT2D eigenvalue weighted by Gasteiger charge is -2.16. The molecule has 0 aliphatic rings. The summed E-state index contributed by atoms with van der Waals surface area (Å²) in [6.45, 7) is 9.05. The maximum atomic E-state index is 5.54. The van der Waals surface area contributed by atoms with Gasteiger partial charge in [-0.15, -0.1) is 11.3 Å². The molecule has 1 aromatic rings. The van der Waals surface area contributed by atoms with E-state index in [0.717, 1.165) is 44.0 Å². The van der Waals surface area contributed by atoms with Crippen molar-refractivity contribution in [2.24, 2.45) is 0 Å². The summed E-state index contributed by atoms with van der Waals surface area (Å²) in [4.78, 5) is 4.51. The van der Waals surface area contributed by atoms with Crippen LogP contribution in [0, 0.1) is 6.92 Å². The van der Waals surface area contributed by atoms with Crippen LogP contribution in [0.25, 0.3) is 0 Å². The topological polar surface area (TPSA) is 34.1 Å². The fourth-order valence-electron chi connectivity index (χ4n) is 1.79. The van der Waals surface area contributed by atoms with Gasteiger partial charge in [0.2, 0.25) is 0 Å². The first-order chi connectivity index (χ1) is 8.26. The number of likely N-dealkylation sites (N-methyl/N-ethyl adjacent to an activating group) is 1. The Kier molecular flexibility index (Phi) is 7.40. The molecule has 0 aliphatic carbocycles.